The van der Waals surface area contributed by atoms with Gasteiger partial charge in [0.15, 0.2) is 11.5 Å². The number of hydrogen-bond acceptors (Lipinski definition) is 5. The van der Waals surface area contributed by atoms with Crippen molar-refractivity contribution in [1.82, 2.24) is 9.88 Å². The average molecular weight is 398 g/mol. The van der Waals surface area contributed by atoms with E-state index in [-0.39, 0.29) is 5.91 Å². The highest BCUT2D eigenvalue weighted by molar-refractivity contribution is 6.02. The molecule has 2 rings (SSSR count). The Morgan fingerprint density at radius 2 is 1.79 bits per heavy atom. The average Bonchev–Trinajstić information content (AvgIpc) is 2.73. The van der Waals surface area contributed by atoms with E-state index in [0.29, 0.717) is 23.8 Å². The summed E-state index contributed by atoms with van der Waals surface area (Å²) < 4.78 is 11.4. The van der Waals surface area contributed by atoms with Crippen LogP contribution in [0.4, 0.5) is 5.69 Å². The van der Waals surface area contributed by atoms with Gasteiger partial charge in [-0.25, -0.2) is 0 Å². The molecule has 0 bridgehead atoms. The van der Waals surface area contributed by atoms with Crippen molar-refractivity contribution >= 4 is 17.7 Å². The zero-order valence-electron chi connectivity index (χ0n) is 17.6. The summed E-state index contributed by atoms with van der Waals surface area (Å²) in [6.07, 6.45) is 8.86. The monoisotopic (exact) mass is 397 g/mol. The fourth-order valence-corrected chi connectivity index (χ4v) is 2.95. The second kappa shape index (κ2) is 12.6. The maximum atomic E-state index is 12.2. The molecule has 1 aromatic carbocycles. The number of hydrogen-bond donors (Lipinski definition) is 1. The largest absolute Gasteiger partial charge is 0.493 e. The first-order valence-electron chi connectivity index (χ1n) is 10.1. The molecule has 29 heavy (non-hydrogen) atoms. The third-order valence-corrected chi connectivity index (χ3v) is 4.31. The van der Waals surface area contributed by atoms with Crippen molar-refractivity contribution in [3.63, 3.8) is 0 Å². The molecule has 0 radical (unpaired) electrons. The normalized spacial score (nSPS) is 11.0. The third-order valence-electron chi connectivity index (χ3n) is 4.31. The number of rotatable bonds is 12. The lowest BCUT2D eigenvalue weighted by Gasteiger charge is -2.21. The van der Waals surface area contributed by atoms with Gasteiger partial charge in [-0.1, -0.05) is 13.8 Å². The van der Waals surface area contributed by atoms with E-state index in [9.17, 15) is 4.79 Å². The number of benzene rings is 1. The van der Waals surface area contributed by atoms with Gasteiger partial charge >= 0.3 is 0 Å². The summed E-state index contributed by atoms with van der Waals surface area (Å²) in [7, 11) is 1.61. The molecule has 1 N–H and O–H groups in total. The molecule has 1 aromatic heterocycles. The topological polar surface area (TPSA) is 63.7 Å². The first-order valence-corrected chi connectivity index (χ1v) is 10.1. The number of anilines is 1. The second-order valence-electron chi connectivity index (χ2n) is 6.66. The van der Waals surface area contributed by atoms with E-state index >= 15 is 0 Å². The lowest BCUT2D eigenvalue weighted by Crippen LogP contribution is -2.30. The van der Waals surface area contributed by atoms with Crippen LogP contribution >= 0.6 is 0 Å². The number of amides is 1. The van der Waals surface area contributed by atoms with Gasteiger partial charge in [0.1, 0.15) is 6.61 Å². The standard InChI is InChI=1S/C23H31N3O3/c1-4-14-26(15-5-2)16-17-29-22-18-20(7-8-21(22)28-3)25-23(27)9-6-19-10-12-24-13-11-19/h6-13,18H,4-5,14-17H2,1-3H3,(H,25,27). The number of ether oxygens (including phenoxy) is 2. The minimum atomic E-state index is -0.213. The molecule has 156 valence electrons. The van der Waals surface area contributed by atoms with Crippen molar-refractivity contribution in [3.8, 4) is 11.5 Å². The van der Waals surface area contributed by atoms with Gasteiger partial charge in [0.05, 0.1) is 7.11 Å². The molecule has 0 fully saturated rings. The van der Waals surface area contributed by atoms with Crippen LogP contribution in [0, 0.1) is 0 Å². The molecular formula is C23H31N3O3. The third kappa shape index (κ3) is 7.95. The Labute approximate surface area is 173 Å². The minimum Gasteiger partial charge on any atom is -0.493 e. The lowest BCUT2D eigenvalue weighted by molar-refractivity contribution is -0.111. The van der Waals surface area contributed by atoms with E-state index in [0.717, 1.165) is 38.0 Å². The Hall–Kier alpha value is -2.86. The predicted molar refractivity (Wildman–Crippen MR) is 117 cm³/mol. The van der Waals surface area contributed by atoms with Crippen LogP contribution in [0.3, 0.4) is 0 Å². The van der Waals surface area contributed by atoms with Gasteiger partial charge in [0.2, 0.25) is 5.91 Å². The number of pyridine rings is 1. The summed E-state index contributed by atoms with van der Waals surface area (Å²) in [5, 5.41) is 2.86. The van der Waals surface area contributed by atoms with Crippen LogP contribution < -0.4 is 14.8 Å². The van der Waals surface area contributed by atoms with E-state index in [1.807, 2.05) is 12.1 Å². The summed E-state index contributed by atoms with van der Waals surface area (Å²) in [5.74, 6) is 1.05. The van der Waals surface area contributed by atoms with Crippen LogP contribution in [-0.2, 0) is 4.79 Å². The van der Waals surface area contributed by atoms with Gasteiger partial charge in [-0.2, -0.15) is 0 Å². The summed E-state index contributed by atoms with van der Waals surface area (Å²) in [5.41, 5.74) is 1.57. The van der Waals surface area contributed by atoms with Gasteiger partial charge in [-0.3, -0.25) is 14.7 Å². The van der Waals surface area contributed by atoms with Crippen LogP contribution in [0.15, 0.2) is 48.8 Å². The van der Waals surface area contributed by atoms with Crippen LogP contribution in [0.2, 0.25) is 0 Å². The molecule has 1 amide bonds. The van der Waals surface area contributed by atoms with E-state index < -0.39 is 0 Å². The Morgan fingerprint density at radius 3 is 2.45 bits per heavy atom. The highest BCUT2D eigenvalue weighted by atomic mass is 16.5. The number of carbonyl (C=O) groups is 1. The second-order valence-corrected chi connectivity index (χ2v) is 6.66. The summed E-state index contributed by atoms with van der Waals surface area (Å²) in [4.78, 5) is 18.6. The Morgan fingerprint density at radius 1 is 1.07 bits per heavy atom. The van der Waals surface area contributed by atoms with Gasteiger partial charge in [0.25, 0.3) is 0 Å². The summed E-state index contributed by atoms with van der Waals surface area (Å²) >= 11 is 0. The molecule has 0 saturated carbocycles. The van der Waals surface area contributed by atoms with Gasteiger partial charge in [-0.15, -0.1) is 0 Å². The molecule has 0 spiro atoms. The van der Waals surface area contributed by atoms with Gasteiger partial charge < -0.3 is 14.8 Å². The first kappa shape index (κ1) is 22.4. The maximum Gasteiger partial charge on any atom is 0.248 e. The Bertz CT molecular complexity index is 772. The fraction of sp³-hybridized carbons (Fsp3) is 0.391. The molecule has 0 saturated heterocycles. The highest BCUT2D eigenvalue weighted by Crippen LogP contribution is 2.30. The maximum absolute atomic E-state index is 12.2. The van der Waals surface area contributed by atoms with E-state index in [1.165, 1.54) is 6.08 Å². The van der Waals surface area contributed by atoms with Crippen molar-refractivity contribution in [2.24, 2.45) is 0 Å². The first-order chi connectivity index (χ1) is 14.2. The quantitative estimate of drug-likeness (QED) is 0.543. The van der Waals surface area contributed by atoms with E-state index in [4.69, 9.17) is 9.47 Å². The molecule has 2 aromatic rings. The number of carbonyl (C=O) groups excluding carboxylic acids is 1. The fourth-order valence-electron chi connectivity index (χ4n) is 2.95. The predicted octanol–water partition coefficient (Wildman–Crippen LogP) is 4.24. The Balaban J connectivity index is 1.96. The van der Waals surface area contributed by atoms with Crippen LogP contribution in [0.1, 0.15) is 32.3 Å². The van der Waals surface area contributed by atoms with Crippen molar-refractivity contribution in [1.29, 1.82) is 0 Å². The Kier molecular flexibility index (Phi) is 9.72. The molecule has 0 atom stereocenters. The van der Waals surface area contributed by atoms with E-state index in [1.54, 1.807) is 43.8 Å². The van der Waals surface area contributed by atoms with Crippen molar-refractivity contribution in [3.05, 3.63) is 54.4 Å². The molecule has 0 unspecified atom stereocenters. The zero-order chi connectivity index (χ0) is 20.9. The van der Waals surface area contributed by atoms with Crippen molar-refractivity contribution in [2.45, 2.75) is 26.7 Å². The summed E-state index contributed by atoms with van der Waals surface area (Å²) in [6.45, 7) is 7.91. The lowest BCUT2D eigenvalue weighted by atomic mass is 10.2. The van der Waals surface area contributed by atoms with Crippen LogP contribution in [0.25, 0.3) is 6.08 Å². The number of methoxy groups -OCH3 is 1. The number of aromatic nitrogens is 1. The molecule has 1 heterocycles. The van der Waals surface area contributed by atoms with Gasteiger partial charge in [-0.05, 0) is 61.8 Å². The smallest absolute Gasteiger partial charge is 0.248 e. The van der Waals surface area contributed by atoms with E-state index in [2.05, 4.69) is 29.0 Å². The van der Waals surface area contributed by atoms with Gasteiger partial charge in [0, 0.05) is 36.8 Å². The molecule has 6 nitrogen and oxygen atoms in total. The molecule has 0 aliphatic heterocycles. The van der Waals surface area contributed by atoms with Crippen LogP contribution in [0.5, 0.6) is 11.5 Å². The highest BCUT2D eigenvalue weighted by Gasteiger charge is 2.09. The minimum absolute atomic E-state index is 0.213. The number of nitrogens with one attached hydrogen (secondary N) is 1. The molecule has 0 aliphatic rings. The molecule has 0 aliphatic carbocycles. The van der Waals surface area contributed by atoms with Crippen molar-refractivity contribution in [2.75, 3.05) is 38.7 Å². The molecule has 6 heteroatoms. The summed E-state index contributed by atoms with van der Waals surface area (Å²) in [6, 6.07) is 9.06. The van der Waals surface area contributed by atoms with Crippen LogP contribution in [-0.4, -0.2) is 49.1 Å². The zero-order valence-corrected chi connectivity index (χ0v) is 17.6. The molecular weight excluding hydrogens is 366 g/mol. The van der Waals surface area contributed by atoms with Crippen molar-refractivity contribution < 1.29 is 14.3 Å². The number of nitrogens with zero attached hydrogens (tertiary/aromatic N) is 2. The SMILES string of the molecule is CCCN(CCC)CCOc1cc(NC(=O)C=Cc2ccncc2)ccc1OC.